The number of hydrogen-bond donors (Lipinski definition) is 1. The van der Waals surface area contributed by atoms with Crippen molar-refractivity contribution in [1.29, 1.82) is 0 Å². The van der Waals surface area contributed by atoms with Crippen LogP contribution in [0, 0.1) is 6.92 Å². The summed E-state index contributed by atoms with van der Waals surface area (Å²) in [5, 5.41) is 10.2. The Kier molecular flexibility index (Phi) is 5.11. The average Bonchev–Trinajstić information content (AvgIpc) is 2.54. The Morgan fingerprint density at radius 3 is 2.75 bits per heavy atom. The molecule has 0 saturated carbocycles. The molecule has 1 fully saturated rings. The molecule has 1 aromatic carbocycles. The van der Waals surface area contributed by atoms with Crippen molar-refractivity contribution < 1.29 is 9.90 Å². The van der Waals surface area contributed by atoms with Gasteiger partial charge < -0.3 is 5.11 Å². The molecule has 0 amide bonds. The third-order valence-electron chi connectivity index (χ3n) is 4.89. The third kappa shape index (κ3) is 3.91. The Morgan fingerprint density at radius 2 is 2.04 bits per heavy atom. The topological polar surface area (TPSA) is 56.7 Å². The van der Waals surface area contributed by atoms with Crippen LogP contribution in [0.3, 0.4) is 0 Å². The van der Waals surface area contributed by atoms with Crippen molar-refractivity contribution in [3.05, 3.63) is 41.6 Å². The maximum atomic E-state index is 10.9. The lowest BCUT2D eigenvalue weighted by Crippen LogP contribution is -2.44. The van der Waals surface area contributed by atoms with E-state index in [0.717, 1.165) is 43.7 Å². The molecular formula is C19H25N3O2. The van der Waals surface area contributed by atoms with Crippen LogP contribution >= 0.6 is 0 Å². The van der Waals surface area contributed by atoms with Gasteiger partial charge >= 0.3 is 5.97 Å². The monoisotopic (exact) mass is 327 g/mol. The number of aliphatic carboxylic acids is 1. The summed E-state index contributed by atoms with van der Waals surface area (Å²) in [5.41, 5.74) is 3.44. The smallest absolute Gasteiger partial charge is 0.317 e. The van der Waals surface area contributed by atoms with Gasteiger partial charge in [0.05, 0.1) is 12.1 Å². The van der Waals surface area contributed by atoms with E-state index in [-0.39, 0.29) is 6.54 Å². The normalized spacial score (nSPS) is 16.8. The number of piperidine rings is 1. The van der Waals surface area contributed by atoms with Gasteiger partial charge in [0, 0.05) is 23.7 Å². The van der Waals surface area contributed by atoms with Gasteiger partial charge in [-0.1, -0.05) is 18.2 Å². The number of rotatable bonds is 5. The van der Waals surface area contributed by atoms with E-state index < -0.39 is 5.97 Å². The van der Waals surface area contributed by atoms with Crippen LogP contribution in [0.5, 0.6) is 0 Å². The Labute approximate surface area is 142 Å². The van der Waals surface area contributed by atoms with Crippen LogP contribution in [-0.2, 0) is 11.3 Å². The number of benzene rings is 1. The largest absolute Gasteiger partial charge is 0.480 e. The van der Waals surface area contributed by atoms with Crippen LogP contribution in [0.15, 0.2) is 30.3 Å². The Bertz CT molecular complexity index is 724. The summed E-state index contributed by atoms with van der Waals surface area (Å²) < 4.78 is 0. The minimum Gasteiger partial charge on any atom is -0.480 e. The Morgan fingerprint density at radius 1 is 1.33 bits per heavy atom. The van der Waals surface area contributed by atoms with Crippen molar-refractivity contribution in [2.45, 2.75) is 32.4 Å². The number of likely N-dealkylation sites (tertiary alicyclic amines) is 1. The molecule has 0 atom stereocenters. The number of nitrogens with zero attached hydrogens (tertiary/aromatic N) is 3. The summed E-state index contributed by atoms with van der Waals surface area (Å²) in [6.07, 6.45) is 2.04. The summed E-state index contributed by atoms with van der Waals surface area (Å²) in [7, 11) is 1.91. The number of hydrogen-bond acceptors (Lipinski definition) is 4. The number of para-hydroxylation sites is 1. The lowest BCUT2D eigenvalue weighted by atomic mass is 10.0. The average molecular weight is 327 g/mol. The first-order valence-corrected chi connectivity index (χ1v) is 8.52. The highest BCUT2D eigenvalue weighted by Gasteiger charge is 2.23. The fourth-order valence-corrected chi connectivity index (χ4v) is 3.63. The predicted molar refractivity (Wildman–Crippen MR) is 95.0 cm³/mol. The minimum absolute atomic E-state index is 0.124. The fraction of sp³-hybridized carbons (Fsp3) is 0.474. The van der Waals surface area contributed by atoms with Gasteiger partial charge in [0.2, 0.25) is 0 Å². The van der Waals surface area contributed by atoms with E-state index in [4.69, 9.17) is 5.11 Å². The number of carboxylic acid groups (broad SMARTS) is 1. The van der Waals surface area contributed by atoms with Gasteiger partial charge in [0.1, 0.15) is 0 Å². The highest BCUT2D eigenvalue weighted by molar-refractivity contribution is 5.82. The van der Waals surface area contributed by atoms with Gasteiger partial charge in [-0.25, -0.2) is 0 Å². The Balaban J connectivity index is 1.65. The van der Waals surface area contributed by atoms with E-state index in [1.807, 2.05) is 24.9 Å². The van der Waals surface area contributed by atoms with E-state index in [1.165, 1.54) is 10.9 Å². The second kappa shape index (κ2) is 7.28. The summed E-state index contributed by atoms with van der Waals surface area (Å²) in [6.45, 7) is 5.11. The number of fused-ring (bicyclic) bond motifs is 1. The van der Waals surface area contributed by atoms with E-state index in [2.05, 4.69) is 34.1 Å². The molecule has 1 aliphatic rings. The van der Waals surface area contributed by atoms with Crippen molar-refractivity contribution in [2.24, 2.45) is 0 Å². The second-order valence-electron chi connectivity index (χ2n) is 6.76. The molecule has 5 nitrogen and oxygen atoms in total. The summed E-state index contributed by atoms with van der Waals surface area (Å²) in [4.78, 5) is 19.9. The highest BCUT2D eigenvalue weighted by atomic mass is 16.4. The van der Waals surface area contributed by atoms with Crippen LogP contribution < -0.4 is 0 Å². The molecule has 0 aliphatic carbocycles. The van der Waals surface area contributed by atoms with Crippen LogP contribution in [0.25, 0.3) is 10.9 Å². The number of carbonyl (C=O) groups is 1. The first-order chi connectivity index (χ1) is 11.5. The van der Waals surface area contributed by atoms with Crippen LogP contribution in [0.1, 0.15) is 24.1 Å². The fourth-order valence-electron chi connectivity index (χ4n) is 3.63. The number of likely N-dealkylation sites (N-methyl/N-ethyl adjacent to an activating group) is 1. The highest BCUT2D eigenvalue weighted by Crippen LogP contribution is 2.22. The molecule has 2 heterocycles. The van der Waals surface area contributed by atoms with E-state index in [0.29, 0.717) is 6.04 Å². The van der Waals surface area contributed by atoms with Crippen molar-refractivity contribution >= 4 is 16.9 Å². The van der Waals surface area contributed by atoms with Gasteiger partial charge in [-0.2, -0.15) is 0 Å². The van der Waals surface area contributed by atoms with Gasteiger partial charge in [-0.05, 0) is 57.6 Å². The first kappa shape index (κ1) is 16.9. The SMILES string of the molecule is Cc1cc(CN2CCC(N(C)CC(=O)O)CC2)c2ccccc2n1. The van der Waals surface area contributed by atoms with Crippen LogP contribution in [-0.4, -0.2) is 58.6 Å². The van der Waals surface area contributed by atoms with Crippen molar-refractivity contribution in [3.8, 4) is 0 Å². The molecular weight excluding hydrogens is 302 g/mol. The molecule has 0 radical (unpaired) electrons. The molecule has 1 saturated heterocycles. The third-order valence-corrected chi connectivity index (χ3v) is 4.89. The maximum absolute atomic E-state index is 10.9. The molecule has 0 unspecified atom stereocenters. The summed E-state index contributed by atoms with van der Waals surface area (Å²) in [5.74, 6) is -0.751. The van der Waals surface area contributed by atoms with Crippen molar-refractivity contribution in [1.82, 2.24) is 14.8 Å². The molecule has 1 N–H and O–H groups in total. The molecule has 128 valence electrons. The standard InChI is InChI=1S/C19H25N3O2/c1-14-11-15(17-5-3-4-6-18(17)20-14)12-22-9-7-16(8-10-22)21(2)13-19(23)24/h3-6,11,16H,7-10,12-13H2,1-2H3,(H,23,24). The molecule has 3 rings (SSSR count). The molecule has 5 heteroatoms. The number of carboxylic acids is 1. The molecule has 2 aromatic rings. The first-order valence-electron chi connectivity index (χ1n) is 8.52. The quantitative estimate of drug-likeness (QED) is 0.914. The molecule has 1 aromatic heterocycles. The minimum atomic E-state index is -0.751. The lowest BCUT2D eigenvalue weighted by molar-refractivity contribution is -0.138. The zero-order valence-electron chi connectivity index (χ0n) is 14.4. The lowest BCUT2D eigenvalue weighted by Gasteiger charge is -2.36. The van der Waals surface area contributed by atoms with Crippen molar-refractivity contribution in [3.63, 3.8) is 0 Å². The second-order valence-corrected chi connectivity index (χ2v) is 6.76. The summed E-state index contributed by atoms with van der Waals surface area (Å²) >= 11 is 0. The van der Waals surface area contributed by atoms with Gasteiger partial charge in [-0.3, -0.25) is 19.6 Å². The van der Waals surface area contributed by atoms with Crippen LogP contribution in [0.4, 0.5) is 0 Å². The Hall–Kier alpha value is -1.98. The number of pyridine rings is 1. The zero-order valence-corrected chi connectivity index (χ0v) is 14.4. The van der Waals surface area contributed by atoms with Gasteiger partial charge in [-0.15, -0.1) is 0 Å². The number of aromatic nitrogens is 1. The molecule has 24 heavy (non-hydrogen) atoms. The molecule has 0 spiro atoms. The predicted octanol–water partition coefficient (Wildman–Crippen LogP) is 2.52. The van der Waals surface area contributed by atoms with Crippen molar-refractivity contribution in [2.75, 3.05) is 26.7 Å². The maximum Gasteiger partial charge on any atom is 0.317 e. The van der Waals surface area contributed by atoms with Gasteiger partial charge in [0.25, 0.3) is 0 Å². The molecule has 0 bridgehead atoms. The zero-order chi connectivity index (χ0) is 17.1. The van der Waals surface area contributed by atoms with E-state index >= 15 is 0 Å². The van der Waals surface area contributed by atoms with E-state index in [9.17, 15) is 4.79 Å². The van der Waals surface area contributed by atoms with E-state index in [1.54, 1.807) is 0 Å². The number of aryl methyl sites for hydroxylation is 1. The molecule has 1 aliphatic heterocycles. The van der Waals surface area contributed by atoms with Gasteiger partial charge in [0.15, 0.2) is 0 Å². The van der Waals surface area contributed by atoms with Crippen LogP contribution in [0.2, 0.25) is 0 Å². The summed E-state index contributed by atoms with van der Waals surface area (Å²) in [6, 6.07) is 10.9.